The summed E-state index contributed by atoms with van der Waals surface area (Å²) in [6, 6.07) is 0. The predicted molar refractivity (Wildman–Crippen MR) is 67.1 cm³/mol. The summed E-state index contributed by atoms with van der Waals surface area (Å²) in [6.45, 7) is 10.1. The van der Waals surface area contributed by atoms with E-state index in [2.05, 4.69) is 28.8 Å². The van der Waals surface area contributed by atoms with Gasteiger partial charge in [0, 0.05) is 0 Å². The molecule has 17 heavy (non-hydrogen) atoms. The summed E-state index contributed by atoms with van der Waals surface area (Å²) in [5.74, 6) is 1.07. The van der Waals surface area contributed by atoms with Gasteiger partial charge in [0.15, 0.2) is 5.82 Å². The lowest BCUT2D eigenvalue weighted by Crippen LogP contribution is -2.32. The summed E-state index contributed by atoms with van der Waals surface area (Å²) in [6.07, 6.45) is -0.278. The molecule has 0 fully saturated rings. The molecule has 1 heterocycles. The molecule has 0 aliphatic carbocycles. The Morgan fingerprint density at radius 2 is 1.47 bits per heavy atom. The minimum absolute atomic E-state index is 0.116. The molecule has 0 aromatic carbocycles. The fourth-order valence-corrected chi connectivity index (χ4v) is 1.25. The van der Waals surface area contributed by atoms with E-state index < -0.39 is 0 Å². The number of nitrogens with zero attached hydrogens (tertiary/aromatic N) is 3. The Hall–Kier alpha value is -1.43. The second-order valence-corrected chi connectivity index (χ2v) is 4.93. The van der Waals surface area contributed by atoms with Crippen LogP contribution in [0.5, 0.6) is 0 Å². The molecule has 6 heteroatoms. The van der Waals surface area contributed by atoms with E-state index in [1.54, 1.807) is 0 Å². The molecular formula is C11H21N5O. The smallest absolute Gasteiger partial charge is 0.225 e. The first-order valence-corrected chi connectivity index (χ1v) is 5.67. The van der Waals surface area contributed by atoms with Crippen molar-refractivity contribution in [3.8, 4) is 0 Å². The van der Waals surface area contributed by atoms with Gasteiger partial charge in [-0.25, -0.2) is 0 Å². The number of aromatic nitrogens is 3. The molecule has 1 aromatic rings. The van der Waals surface area contributed by atoms with Gasteiger partial charge in [-0.05, 0) is 26.7 Å². The second kappa shape index (κ2) is 4.83. The molecule has 1 atom stereocenters. The van der Waals surface area contributed by atoms with Crippen molar-refractivity contribution in [1.82, 2.24) is 15.0 Å². The first kappa shape index (κ1) is 13.6. The number of nitrogens with two attached hydrogens (primary N) is 2. The monoisotopic (exact) mass is 239 g/mol. The summed E-state index contributed by atoms with van der Waals surface area (Å²) in [5.41, 5.74) is 10.8. The number of anilines is 2. The molecule has 0 aliphatic heterocycles. The average molecular weight is 239 g/mol. The third-order valence-corrected chi connectivity index (χ3v) is 2.92. The zero-order valence-corrected chi connectivity index (χ0v) is 11.1. The van der Waals surface area contributed by atoms with E-state index in [4.69, 9.17) is 16.2 Å². The molecule has 1 aromatic heterocycles. The largest absolute Gasteiger partial charge is 0.368 e. The lowest BCUT2D eigenvalue weighted by atomic mass is 9.94. The van der Waals surface area contributed by atoms with E-state index in [1.165, 1.54) is 0 Å². The number of rotatable bonds is 4. The standard InChI is InChI=1S/C11H21N5O/c1-6(2)11(4,5)17-7(3)8-14-9(12)16-10(13)15-8/h6-7H,1-5H3,(H4,12,13,14,15,16). The summed E-state index contributed by atoms with van der Waals surface area (Å²) >= 11 is 0. The molecule has 1 unspecified atom stereocenters. The van der Waals surface area contributed by atoms with Crippen LogP contribution in [0.1, 0.15) is 46.5 Å². The van der Waals surface area contributed by atoms with Gasteiger partial charge in [-0.3, -0.25) is 0 Å². The number of nitrogen functional groups attached to an aromatic ring is 2. The van der Waals surface area contributed by atoms with Gasteiger partial charge >= 0.3 is 0 Å². The Kier molecular flexibility index (Phi) is 3.87. The molecule has 1 rings (SSSR count). The van der Waals surface area contributed by atoms with Crippen molar-refractivity contribution in [3.05, 3.63) is 5.82 Å². The maximum absolute atomic E-state index is 5.93. The molecule has 6 nitrogen and oxygen atoms in total. The Labute approximate surface area is 102 Å². The van der Waals surface area contributed by atoms with Crippen molar-refractivity contribution in [1.29, 1.82) is 0 Å². The molecule has 0 radical (unpaired) electrons. The quantitative estimate of drug-likeness (QED) is 0.826. The SMILES string of the molecule is CC(OC(C)(C)C(C)C)c1nc(N)nc(N)n1. The summed E-state index contributed by atoms with van der Waals surface area (Å²) in [7, 11) is 0. The molecule has 4 N–H and O–H groups in total. The van der Waals surface area contributed by atoms with E-state index in [0.29, 0.717) is 11.7 Å². The zero-order valence-electron chi connectivity index (χ0n) is 11.1. The Bertz CT molecular complexity index is 371. The topological polar surface area (TPSA) is 99.9 Å². The summed E-state index contributed by atoms with van der Waals surface area (Å²) < 4.78 is 5.93. The normalized spacial score (nSPS) is 14.0. The maximum Gasteiger partial charge on any atom is 0.225 e. The van der Waals surface area contributed by atoms with Gasteiger partial charge in [-0.2, -0.15) is 15.0 Å². The fourth-order valence-electron chi connectivity index (χ4n) is 1.25. The van der Waals surface area contributed by atoms with Crippen LogP contribution in [0.15, 0.2) is 0 Å². The van der Waals surface area contributed by atoms with E-state index in [0.717, 1.165) is 0 Å². The first-order valence-electron chi connectivity index (χ1n) is 5.67. The van der Waals surface area contributed by atoms with Crippen LogP contribution < -0.4 is 11.5 Å². The highest BCUT2D eigenvalue weighted by atomic mass is 16.5. The molecule has 0 aliphatic rings. The van der Waals surface area contributed by atoms with Crippen LogP contribution >= 0.6 is 0 Å². The third kappa shape index (κ3) is 3.52. The van der Waals surface area contributed by atoms with E-state index in [9.17, 15) is 0 Å². The summed E-state index contributed by atoms with van der Waals surface area (Å²) in [5, 5.41) is 0. The van der Waals surface area contributed by atoms with Gasteiger partial charge < -0.3 is 16.2 Å². The Morgan fingerprint density at radius 1 is 1.00 bits per heavy atom. The lowest BCUT2D eigenvalue weighted by molar-refractivity contribution is -0.0956. The van der Waals surface area contributed by atoms with Gasteiger partial charge in [0.2, 0.25) is 11.9 Å². The van der Waals surface area contributed by atoms with Crippen LogP contribution in [-0.2, 0) is 4.74 Å². The summed E-state index contributed by atoms with van der Waals surface area (Å²) in [4.78, 5) is 11.8. The van der Waals surface area contributed by atoms with Gasteiger partial charge in [-0.15, -0.1) is 0 Å². The first-order chi connectivity index (χ1) is 7.72. The van der Waals surface area contributed by atoms with Crippen molar-refractivity contribution >= 4 is 11.9 Å². The fraction of sp³-hybridized carbons (Fsp3) is 0.727. The molecule has 0 amide bonds. The lowest BCUT2D eigenvalue weighted by Gasteiger charge is -2.32. The van der Waals surface area contributed by atoms with Gasteiger partial charge in [-0.1, -0.05) is 13.8 Å². The minimum Gasteiger partial charge on any atom is -0.368 e. The van der Waals surface area contributed by atoms with Crippen LogP contribution in [0.2, 0.25) is 0 Å². The van der Waals surface area contributed by atoms with E-state index in [-0.39, 0.29) is 23.6 Å². The van der Waals surface area contributed by atoms with Crippen LogP contribution in [0.4, 0.5) is 11.9 Å². The molecule has 96 valence electrons. The van der Waals surface area contributed by atoms with Crippen molar-refractivity contribution in [3.63, 3.8) is 0 Å². The number of ether oxygens (including phenoxy) is 1. The van der Waals surface area contributed by atoms with E-state index >= 15 is 0 Å². The number of hydrogen-bond donors (Lipinski definition) is 2. The molecular weight excluding hydrogens is 218 g/mol. The molecule has 0 bridgehead atoms. The third-order valence-electron chi connectivity index (χ3n) is 2.92. The van der Waals surface area contributed by atoms with E-state index in [1.807, 2.05) is 20.8 Å². The van der Waals surface area contributed by atoms with Crippen LogP contribution in [0.25, 0.3) is 0 Å². The van der Waals surface area contributed by atoms with Crippen molar-refractivity contribution < 1.29 is 4.74 Å². The highest BCUT2D eigenvalue weighted by Crippen LogP contribution is 2.27. The van der Waals surface area contributed by atoms with Crippen LogP contribution in [-0.4, -0.2) is 20.6 Å². The van der Waals surface area contributed by atoms with Crippen molar-refractivity contribution in [2.45, 2.75) is 46.3 Å². The molecule has 0 saturated carbocycles. The predicted octanol–water partition coefficient (Wildman–Crippen LogP) is 1.55. The van der Waals surface area contributed by atoms with Crippen LogP contribution in [0, 0.1) is 5.92 Å². The number of hydrogen-bond acceptors (Lipinski definition) is 6. The second-order valence-electron chi connectivity index (χ2n) is 4.93. The minimum atomic E-state index is -0.278. The van der Waals surface area contributed by atoms with Crippen molar-refractivity contribution in [2.24, 2.45) is 5.92 Å². The van der Waals surface area contributed by atoms with Crippen LogP contribution in [0.3, 0.4) is 0 Å². The molecule has 0 saturated heterocycles. The Morgan fingerprint density at radius 3 is 1.88 bits per heavy atom. The average Bonchev–Trinajstić information content (AvgIpc) is 2.15. The van der Waals surface area contributed by atoms with Gasteiger partial charge in [0.25, 0.3) is 0 Å². The molecule has 0 spiro atoms. The highest BCUT2D eigenvalue weighted by Gasteiger charge is 2.27. The van der Waals surface area contributed by atoms with Crippen molar-refractivity contribution in [2.75, 3.05) is 11.5 Å². The van der Waals surface area contributed by atoms with Gasteiger partial charge in [0.1, 0.15) is 6.10 Å². The zero-order chi connectivity index (χ0) is 13.2. The maximum atomic E-state index is 5.93. The Balaban J connectivity index is 2.86. The highest BCUT2D eigenvalue weighted by molar-refractivity contribution is 5.26. The van der Waals surface area contributed by atoms with Gasteiger partial charge in [0.05, 0.1) is 5.60 Å².